The number of hydrogen-bond acceptors (Lipinski definition) is 3. The van der Waals surface area contributed by atoms with Crippen molar-refractivity contribution in [1.29, 1.82) is 0 Å². The van der Waals surface area contributed by atoms with Crippen LogP contribution < -0.4 is 10.6 Å². The van der Waals surface area contributed by atoms with Gasteiger partial charge in [-0.3, -0.25) is 4.79 Å². The lowest BCUT2D eigenvalue weighted by Crippen LogP contribution is -2.54. The third-order valence-electron chi connectivity index (χ3n) is 6.94. The number of pyridine rings is 1. The number of aromatic nitrogens is 1. The second-order valence-electron chi connectivity index (χ2n) is 8.87. The Morgan fingerprint density at radius 2 is 1.71 bits per heavy atom. The van der Waals surface area contributed by atoms with E-state index < -0.39 is 0 Å². The first kappa shape index (κ1) is 14.7. The second kappa shape index (κ2) is 5.47. The molecule has 5 aliphatic rings. The van der Waals surface area contributed by atoms with Crippen LogP contribution in [0.3, 0.4) is 0 Å². The highest BCUT2D eigenvalue weighted by Gasteiger charge is 2.51. The molecule has 1 aromatic heterocycles. The fourth-order valence-corrected chi connectivity index (χ4v) is 5.99. The molecule has 0 unspecified atom stereocenters. The van der Waals surface area contributed by atoms with Gasteiger partial charge in [0.05, 0.1) is 11.9 Å². The van der Waals surface area contributed by atoms with Crippen molar-refractivity contribution in [1.82, 2.24) is 4.98 Å². The second-order valence-corrected chi connectivity index (χ2v) is 8.87. The number of nitrogens with one attached hydrogen (secondary N) is 2. The predicted octanol–water partition coefficient (Wildman–Crippen LogP) is 4.20. The number of nitrogens with zero attached hydrogens (tertiary/aromatic N) is 1. The molecule has 5 fully saturated rings. The zero-order valence-corrected chi connectivity index (χ0v) is 14.3. The quantitative estimate of drug-likeness (QED) is 0.872. The van der Waals surface area contributed by atoms with Gasteiger partial charge in [0.2, 0.25) is 5.91 Å². The number of amides is 1. The van der Waals surface area contributed by atoms with Crippen LogP contribution in [0.2, 0.25) is 0 Å². The Morgan fingerprint density at radius 1 is 1.04 bits per heavy atom. The fraction of sp³-hybridized carbons (Fsp3) is 0.700. The lowest BCUT2D eigenvalue weighted by Gasteiger charge is -2.57. The first-order chi connectivity index (χ1) is 11.7. The van der Waals surface area contributed by atoms with E-state index in [1.165, 1.54) is 44.9 Å². The van der Waals surface area contributed by atoms with E-state index in [2.05, 4.69) is 15.6 Å². The first-order valence-corrected chi connectivity index (χ1v) is 9.73. The molecule has 24 heavy (non-hydrogen) atoms. The maximum absolute atomic E-state index is 12.0. The molecular weight excluding hydrogens is 298 g/mol. The van der Waals surface area contributed by atoms with Crippen LogP contribution >= 0.6 is 0 Å². The number of hydrogen-bond donors (Lipinski definition) is 2. The molecule has 1 aromatic rings. The van der Waals surface area contributed by atoms with Crippen LogP contribution in [-0.2, 0) is 4.79 Å². The zero-order valence-electron chi connectivity index (χ0n) is 14.3. The van der Waals surface area contributed by atoms with Crippen molar-refractivity contribution in [2.45, 2.75) is 63.3 Å². The van der Waals surface area contributed by atoms with Gasteiger partial charge >= 0.3 is 0 Å². The van der Waals surface area contributed by atoms with Gasteiger partial charge in [-0.2, -0.15) is 0 Å². The third-order valence-corrected chi connectivity index (χ3v) is 6.94. The van der Waals surface area contributed by atoms with E-state index in [4.69, 9.17) is 0 Å². The highest BCUT2D eigenvalue weighted by Crippen LogP contribution is 2.56. The number of carbonyl (C=O) groups excluding carboxylic acids is 1. The Balaban J connectivity index is 1.25. The molecule has 4 heteroatoms. The summed E-state index contributed by atoms with van der Waals surface area (Å²) in [6.45, 7) is 0. The Hall–Kier alpha value is -1.58. The summed E-state index contributed by atoms with van der Waals surface area (Å²) in [5.74, 6) is 4.15. The molecule has 1 amide bonds. The van der Waals surface area contributed by atoms with Crippen LogP contribution in [0.15, 0.2) is 18.3 Å². The monoisotopic (exact) mass is 325 g/mol. The molecule has 4 nitrogen and oxygen atoms in total. The maximum atomic E-state index is 12.0. The van der Waals surface area contributed by atoms with Crippen LogP contribution in [0.5, 0.6) is 0 Å². The van der Waals surface area contributed by atoms with Crippen molar-refractivity contribution in [3.63, 3.8) is 0 Å². The summed E-state index contributed by atoms with van der Waals surface area (Å²) in [5, 5.41) is 6.79. The van der Waals surface area contributed by atoms with Crippen LogP contribution in [0.1, 0.15) is 57.8 Å². The SMILES string of the molecule is O=C(Nc1ccc(NC23CC4CC(CC(C4)C2)C3)nc1)C1CCC1. The van der Waals surface area contributed by atoms with E-state index in [1.807, 2.05) is 12.1 Å². The smallest absolute Gasteiger partial charge is 0.227 e. The Labute approximate surface area is 143 Å². The van der Waals surface area contributed by atoms with Crippen LogP contribution in [0.4, 0.5) is 11.5 Å². The van der Waals surface area contributed by atoms with Crippen LogP contribution in [0, 0.1) is 23.7 Å². The molecule has 0 saturated heterocycles. The van der Waals surface area contributed by atoms with Gasteiger partial charge in [-0.25, -0.2) is 4.98 Å². The molecule has 2 N–H and O–H groups in total. The average molecular weight is 325 g/mol. The van der Waals surface area contributed by atoms with Gasteiger partial charge in [0, 0.05) is 11.5 Å². The van der Waals surface area contributed by atoms with Crippen LogP contribution in [0.25, 0.3) is 0 Å². The molecule has 128 valence electrons. The van der Waals surface area contributed by atoms with Gasteiger partial charge in [-0.05, 0) is 81.3 Å². The van der Waals surface area contributed by atoms with Crippen molar-refractivity contribution >= 4 is 17.4 Å². The van der Waals surface area contributed by atoms with E-state index >= 15 is 0 Å². The molecule has 0 radical (unpaired) electrons. The first-order valence-electron chi connectivity index (χ1n) is 9.73. The molecule has 0 aliphatic heterocycles. The van der Waals surface area contributed by atoms with E-state index in [-0.39, 0.29) is 11.8 Å². The minimum Gasteiger partial charge on any atom is -0.365 e. The molecular formula is C20H27N3O. The van der Waals surface area contributed by atoms with E-state index in [9.17, 15) is 4.79 Å². The topological polar surface area (TPSA) is 54.0 Å². The Bertz CT molecular complexity index is 600. The zero-order chi connectivity index (χ0) is 16.1. The molecule has 1 heterocycles. The minimum absolute atomic E-state index is 0.157. The van der Waals surface area contributed by atoms with Gasteiger partial charge in [0.25, 0.3) is 0 Å². The summed E-state index contributed by atoms with van der Waals surface area (Å²) in [6.07, 6.45) is 13.4. The van der Waals surface area contributed by atoms with Crippen LogP contribution in [-0.4, -0.2) is 16.4 Å². The van der Waals surface area contributed by atoms with E-state index in [0.717, 1.165) is 42.1 Å². The average Bonchev–Trinajstić information content (AvgIpc) is 2.45. The standard InChI is InChI=1S/C20H27N3O/c24-19(16-2-1-3-16)22-17-4-5-18(21-12-17)23-20-9-13-6-14(10-20)8-15(7-13)11-20/h4-5,12-16H,1-3,6-11H2,(H,21,23)(H,22,24). The van der Waals surface area contributed by atoms with Gasteiger partial charge in [-0.15, -0.1) is 0 Å². The predicted molar refractivity (Wildman–Crippen MR) is 94.7 cm³/mol. The summed E-state index contributed by atoms with van der Waals surface area (Å²) in [7, 11) is 0. The minimum atomic E-state index is 0.157. The normalized spacial score (nSPS) is 37.1. The maximum Gasteiger partial charge on any atom is 0.227 e. The van der Waals surface area contributed by atoms with E-state index in [0.29, 0.717) is 5.54 Å². The molecule has 5 saturated carbocycles. The number of rotatable bonds is 4. The highest BCUT2D eigenvalue weighted by atomic mass is 16.1. The molecule has 4 bridgehead atoms. The highest BCUT2D eigenvalue weighted by molar-refractivity contribution is 5.92. The van der Waals surface area contributed by atoms with Crippen molar-refractivity contribution in [2.75, 3.05) is 10.6 Å². The summed E-state index contributed by atoms with van der Waals surface area (Å²) in [4.78, 5) is 16.6. The summed E-state index contributed by atoms with van der Waals surface area (Å²) in [6, 6.07) is 4.03. The van der Waals surface area contributed by atoms with Gasteiger partial charge < -0.3 is 10.6 Å². The van der Waals surface area contributed by atoms with Gasteiger partial charge in [0.15, 0.2) is 0 Å². The van der Waals surface area contributed by atoms with Crippen molar-refractivity contribution in [2.24, 2.45) is 23.7 Å². The van der Waals surface area contributed by atoms with E-state index in [1.54, 1.807) is 6.20 Å². The van der Waals surface area contributed by atoms with Crippen molar-refractivity contribution in [3.8, 4) is 0 Å². The molecule has 5 aliphatic carbocycles. The van der Waals surface area contributed by atoms with Crippen molar-refractivity contribution < 1.29 is 4.79 Å². The fourth-order valence-electron chi connectivity index (χ4n) is 5.99. The molecule has 6 rings (SSSR count). The summed E-state index contributed by atoms with van der Waals surface area (Å²) in [5.41, 5.74) is 1.11. The molecule has 0 spiro atoms. The van der Waals surface area contributed by atoms with Crippen molar-refractivity contribution in [3.05, 3.63) is 18.3 Å². The summed E-state index contributed by atoms with van der Waals surface area (Å²) >= 11 is 0. The Kier molecular flexibility index (Phi) is 3.36. The Morgan fingerprint density at radius 3 is 2.21 bits per heavy atom. The van der Waals surface area contributed by atoms with Gasteiger partial charge in [-0.1, -0.05) is 6.42 Å². The largest absolute Gasteiger partial charge is 0.365 e. The number of anilines is 2. The van der Waals surface area contributed by atoms with Gasteiger partial charge in [0.1, 0.15) is 5.82 Å². The number of carbonyl (C=O) groups is 1. The lowest BCUT2D eigenvalue weighted by molar-refractivity contribution is -0.122. The molecule has 0 atom stereocenters. The summed E-state index contributed by atoms with van der Waals surface area (Å²) < 4.78 is 0. The third kappa shape index (κ3) is 2.60. The molecule has 0 aromatic carbocycles. The lowest BCUT2D eigenvalue weighted by atomic mass is 9.53.